The average Bonchev–Trinajstić information content (AvgIpc) is 3.79. The second-order valence-corrected chi connectivity index (χ2v) is 14.3. The van der Waals surface area contributed by atoms with Gasteiger partial charge in [0.05, 0.1) is 29.8 Å². The Labute approximate surface area is 304 Å². The van der Waals surface area contributed by atoms with Crippen molar-refractivity contribution in [3.63, 3.8) is 0 Å². The Balaban J connectivity index is 1.02. The fraction of sp³-hybridized carbons (Fsp3) is 0.462. The minimum absolute atomic E-state index is 0.0194. The summed E-state index contributed by atoms with van der Waals surface area (Å²) in [4.78, 5) is 43.4. The van der Waals surface area contributed by atoms with Crippen molar-refractivity contribution in [1.29, 1.82) is 0 Å². The topological polar surface area (TPSA) is 129 Å². The minimum atomic E-state index is -5.03. The number of para-hydroxylation sites is 2. The van der Waals surface area contributed by atoms with Gasteiger partial charge in [-0.25, -0.2) is 4.79 Å². The highest BCUT2D eigenvalue weighted by Gasteiger charge is 2.47. The van der Waals surface area contributed by atoms with Crippen LogP contribution in [-0.4, -0.2) is 80.8 Å². The van der Waals surface area contributed by atoms with Crippen molar-refractivity contribution in [2.75, 3.05) is 26.2 Å². The number of amides is 2. The first-order valence-electron chi connectivity index (χ1n) is 18.2. The number of carbonyl (C=O) groups is 2. The van der Waals surface area contributed by atoms with E-state index in [1.165, 1.54) is 0 Å². The quantitative estimate of drug-likeness (QED) is 0.218. The van der Waals surface area contributed by atoms with Crippen molar-refractivity contribution in [1.82, 2.24) is 24.7 Å². The fourth-order valence-electron chi connectivity index (χ4n) is 7.92. The summed E-state index contributed by atoms with van der Waals surface area (Å²) in [6, 6.07) is 21.7. The number of nitrogens with zero attached hydrogens (tertiary/aromatic N) is 3. The molecular weight excluding hydrogens is 691 g/mol. The van der Waals surface area contributed by atoms with Crippen LogP contribution in [0.5, 0.6) is 0 Å². The van der Waals surface area contributed by atoms with Crippen molar-refractivity contribution in [2.45, 2.75) is 82.5 Å². The first-order chi connectivity index (χ1) is 25.5. The number of H-pyrrole nitrogens is 1. The van der Waals surface area contributed by atoms with Crippen LogP contribution in [0, 0.1) is 5.92 Å². The molecule has 4 aromatic rings. The molecule has 2 amide bonds. The van der Waals surface area contributed by atoms with Crippen LogP contribution in [0.3, 0.4) is 0 Å². The third-order valence-electron chi connectivity index (χ3n) is 10.9. The summed E-state index contributed by atoms with van der Waals surface area (Å²) in [5, 5.41) is 12.3. The third kappa shape index (κ3) is 7.91. The van der Waals surface area contributed by atoms with E-state index in [2.05, 4.69) is 22.1 Å². The summed E-state index contributed by atoms with van der Waals surface area (Å²) in [5.74, 6) is -2.63. The molecule has 14 heteroatoms. The minimum Gasteiger partial charge on any atom is -0.392 e. The number of ether oxygens (including phenoxy) is 2. The molecule has 282 valence electrons. The lowest BCUT2D eigenvalue weighted by molar-refractivity contribution is -0.276. The molecule has 4 heterocycles. The van der Waals surface area contributed by atoms with Crippen LogP contribution in [0.1, 0.15) is 73.3 Å². The van der Waals surface area contributed by atoms with E-state index in [-0.39, 0.29) is 56.0 Å². The van der Waals surface area contributed by atoms with Crippen molar-refractivity contribution in [3.05, 3.63) is 106 Å². The molecule has 3 aliphatic heterocycles. The van der Waals surface area contributed by atoms with Gasteiger partial charge in [0, 0.05) is 50.2 Å². The SMILES string of the molecule is CC1C(CN2CCC(n3c(=O)[nH]c4ccccc43)CC2)OC(c2ccc(CNC(=O)C3CCCN3C(=O)C(F)(F)F)cc2)OC1c1ccc(CO)cc1. The van der Waals surface area contributed by atoms with Crippen LogP contribution in [0.25, 0.3) is 11.0 Å². The monoisotopic (exact) mass is 735 g/mol. The Kier molecular flexibility index (Phi) is 10.7. The number of piperidine rings is 1. The van der Waals surface area contributed by atoms with Crippen LogP contribution < -0.4 is 11.0 Å². The number of halogens is 3. The van der Waals surface area contributed by atoms with E-state index in [1.54, 1.807) is 0 Å². The Morgan fingerprint density at radius 2 is 1.58 bits per heavy atom. The van der Waals surface area contributed by atoms with E-state index < -0.39 is 30.3 Å². The number of carbonyl (C=O) groups excluding carboxylic acids is 2. The molecule has 0 saturated carbocycles. The lowest BCUT2D eigenvalue weighted by Gasteiger charge is -2.44. The number of benzene rings is 3. The van der Waals surface area contributed by atoms with Gasteiger partial charge in [-0.15, -0.1) is 0 Å². The number of likely N-dealkylation sites (tertiary alicyclic amines) is 2. The molecule has 3 aromatic carbocycles. The van der Waals surface area contributed by atoms with E-state index >= 15 is 0 Å². The van der Waals surface area contributed by atoms with Gasteiger partial charge in [-0.2, -0.15) is 13.2 Å². The van der Waals surface area contributed by atoms with Crippen LogP contribution in [0.4, 0.5) is 13.2 Å². The maximum atomic E-state index is 13.0. The predicted octanol–water partition coefficient (Wildman–Crippen LogP) is 5.12. The standard InChI is InChI=1S/C39H44F3N5O6/c1-24-33(22-45-19-16-29(17-20-45)47-31-6-3-2-5-30(31)44-38(47)51)52-36(53-34(24)27-12-10-26(23-48)11-13-27)28-14-8-25(9-15-28)21-43-35(49)32-7-4-18-46(32)37(50)39(40,41)42/h2-3,5-6,8-15,24,29,32-34,36,48H,4,7,16-23H2,1H3,(H,43,49)(H,44,51). The molecule has 5 atom stereocenters. The van der Waals surface area contributed by atoms with Crippen LogP contribution in [0.15, 0.2) is 77.6 Å². The number of rotatable bonds is 9. The molecule has 53 heavy (non-hydrogen) atoms. The van der Waals surface area contributed by atoms with Gasteiger partial charge in [0.25, 0.3) is 0 Å². The maximum absolute atomic E-state index is 13.0. The van der Waals surface area contributed by atoms with E-state index in [0.717, 1.165) is 59.2 Å². The fourth-order valence-corrected chi connectivity index (χ4v) is 7.92. The molecule has 3 fully saturated rings. The number of hydrogen-bond donors (Lipinski definition) is 3. The van der Waals surface area contributed by atoms with Crippen molar-refractivity contribution in [3.8, 4) is 0 Å². The zero-order valence-corrected chi connectivity index (χ0v) is 29.4. The lowest BCUT2D eigenvalue weighted by Crippen LogP contribution is -2.50. The van der Waals surface area contributed by atoms with E-state index in [4.69, 9.17) is 9.47 Å². The van der Waals surface area contributed by atoms with Crippen LogP contribution >= 0.6 is 0 Å². The van der Waals surface area contributed by atoms with Crippen LogP contribution in [-0.2, 0) is 32.2 Å². The highest BCUT2D eigenvalue weighted by atomic mass is 19.4. The smallest absolute Gasteiger partial charge is 0.392 e. The van der Waals surface area contributed by atoms with Gasteiger partial charge >= 0.3 is 17.8 Å². The Bertz CT molecular complexity index is 1960. The summed E-state index contributed by atoms with van der Waals surface area (Å²) in [6.45, 7) is 4.29. The first-order valence-corrected chi connectivity index (χ1v) is 18.2. The summed E-state index contributed by atoms with van der Waals surface area (Å²) in [5.41, 5.74) is 4.93. The number of aromatic nitrogens is 2. The molecule has 11 nitrogen and oxygen atoms in total. The highest BCUT2D eigenvalue weighted by molar-refractivity contribution is 5.90. The summed E-state index contributed by atoms with van der Waals surface area (Å²) in [7, 11) is 0. The molecular formula is C39H44F3N5O6. The molecule has 1 aromatic heterocycles. The number of alkyl halides is 3. The number of aliphatic hydroxyl groups excluding tert-OH is 1. The molecule has 0 aliphatic carbocycles. The molecule has 0 radical (unpaired) electrons. The number of imidazole rings is 1. The van der Waals surface area contributed by atoms with E-state index in [0.29, 0.717) is 17.9 Å². The van der Waals surface area contributed by atoms with Gasteiger partial charge in [-0.1, -0.05) is 67.6 Å². The van der Waals surface area contributed by atoms with Gasteiger partial charge in [0.2, 0.25) is 5.91 Å². The average molecular weight is 736 g/mol. The zero-order valence-electron chi connectivity index (χ0n) is 29.4. The summed E-state index contributed by atoms with van der Waals surface area (Å²) >= 11 is 0. The second-order valence-electron chi connectivity index (χ2n) is 14.3. The second kappa shape index (κ2) is 15.5. The molecule has 3 aliphatic rings. The molecule has 3 N–H and O–H groups in total. The van der Waals surface area contributed by atoms with Crippen molar-refractivity contribution >= 4 is 22.8 Å². The first kappa shape index (κ1) is 36.8. The summed E-state index contributed by atoms with van der Waals surface area (Å²) in [6.07, 6.45) is -4.09. The Morgan fingerprint density at radius 3 is 2.28 bits per heavy atom. The molecule has 7 rings (SSSR count). The van der Waals surface area contributed by atoms with Gasteiger partial charge in [0.1, 0.15) is 6.04 Å². The maximum Gasteiger partial charge on any atom is 0.471 e. The highest BCUT2D eigenvalue weighted by Crippen LogP contribution is 2.42. The van der Waals surface area contributed by atoms with Crippen molar-refractivity contribution in [2.24, 2.45) is 5.92 Å². The lowest BCUT2D eigenvalue weighted by atomic mass is 9.89. The number of aliphatic hydroxyl groups is 1. The van der Waals surface area contributed by atoms with Gasteiger partial charge < -0.3 is 34.7 Å². The molecule has 0 bridgehead atoms. The Morgan fingerprint density at radius 1 is 0.906 bits per heavy atom. The van der Waals surface area contributed by atoms with Gasteiger partial charge in [0.15, 0.2) is 6.29 Å². The Hall–Kier alpha value is -4.50. The molecule has 3 saturated heterocycles. The van der Waals surface area contributed by atoms with Crippen LogP contribution in [0.2, 0.25) is 0 Å². The number of nitrogens with one attached hydrogen (secondary N) is 2. The normalized spacial score (nSPS) is 24.5. The van der Waals surface area contributed by atoms with E-state index in [9.17, 15) is 32.7 Å². The number of aromatic amines is 1. The van der Waals surface area contributed by atoms with E-state index in [1.807, 2.05) is 77.4 Å². The summed E-state index contributed by atoms with van der Waals surface area (Å²) < 4.78 is 54.3. The van der Waals surface area contributed by atoms with Gasteiger partial charge in [-0.3, -0.25) is 14.2 Å². The zero-order chi connectivity index (χ0) is 37.3. The molecule has 5 unspecified atom stereocenters. The van der Waals surface area contributed by atoms with Gasteiger partial charge in [-0.05, 0) is 54.5 Å². The molecule has 0 spiro atoms. The third-order valence-corrected chi connectivity index (χ3v) is 10.9. The number of hydrogen-bond acceptors (Lipinski definition) is 7. The largest absolute Gasteiger partial charge is 0.471 e. The predicted molar refractivity (Wildman–Crippen MR) is 189 cm³/mol. The number of fused-ring (bicyclic) bond motifs is 1. The van der Waals surface area contributed by atoms with Crippen molar-refractivity contribution < 1.29 is 37.3 Å².